The Morgan fingerprint density at radius 2 is 2.00 bits per heavy atom. The van der Waals surface area contributed by atoms with E-state index in [1.807, 2.05) is 0 Å². The highest BCUT2D eigenvalue weighted by atomic mass is 35.5. The summed E-state index contributed by atoms with van der Waals surface area (Å²) in [6, 6.07) is 12.4. The van der Waals surface area contributed by atoms with Crippen LogP contribution in [0, 0.1) is 5.82 Å². The Labute approximate surface area is 156 Å². The molecule has 0 spiro atoms. The van der Waals surface area contributed by atoms with Gasteiger partial charge in [0.2, 0.25) is 0 Å². The molecule has 0 saturated heterocycles. The molecule has 26 heavy (non-hydrogen) atoms. The Morgan fingerprint density at radius 3 is 2.73 bits per heavy atom. The molecular formula is C18H13ClFN3O2S. The van der Waals surface area contributed by atoms with Crippen LogP contribution in [0.15, 0.2) is 64.6 Å². The number of benzene rings is 2. The molecule has 0 bridgehead atoms. The summed E-state index contributed by atoms with van der Waals surface area (Å²) in [5, 5.41) is 0.378. The molecule has 8 heteroatoms. The normalized spacial score (nSPS) is 12.4. The van der Waals surface area contributed by atoms with Crippen LogP contribution in [0.25, 0.3) is 22.4 Å². The molecule has 0 aliphatic heterocycles. The number of nitrogens with zero attached hydrogens (tertiary/aromatic N) is 2. The largest absolute Gasteiger partial charge is 0.390 e. The van der Waals surface area contributed by atoms with Gasteiger partial charge in [0, 0.05) is 22.3 Å². The lowest BCUT2D eigenvalue weighted by Gasteiger charge is -2.11. The highest BCUT2D eigenvalue weighted by Gasteiger charge is 2.16. The zero-order valence-corrected chi connectivity index (χ0v) is 14.8. The average molecular weight is 390 g/mol. The van der Waals surface area contributed by atoms with Crippen LogP contribution in [0.2, 0.25) is 5.02 Å². The molecule has 0 fully saturated rings. The topological polar surface area (TPSA) is 88.6 Å². The fraction of sp³-hybridized carbons (Fsp3) is 0. The Balaban J connectivity index is 2.22. The minimum absolute atomic E-state index is 0.0885. The van der Waals surface area contributed by atoms with Crippen molar-refractivity contribution in [3.63, 3.8) is 0 Å². The Bertz CT molecular complexity index is 1030. The predicted octanol–water partition coefficient (Wildman–Crippen LogP) is 4.41. The highest BCUT2D eigenvalue weighted by Crippen LogP contribution is 2.35. The number of halogens is 2. The number of aromatic nitrogens is 1. The minimum atomic E-state index is -2.27. The number of hydrogen-bond acceptors (Lipinski definition) is 3. The van der Waals surface area contributed by atoms with E-state index in [0.717, 1.165) is 6.34 Å². The van der Waals surface area contributed by atoms with Crippen molar-refractivity contribution in [1.29, 1.82) is 0 Å². The number of hydrogen-bond donors (Lipinski definition) is 2. The lowest BCUT2D eigenvalue weighted by molar-refractivity contribution is 0.564. The summed E-state index contributed by atoms with van der Waals surface area (Å²) in [6.45, 7) is 0. The molecule has 3 N–H and O–H groups in total. The van der Waals surface area contributed by atoms with Crippen LogP contribution in [0.3, 0.4) is 0 Å². The quantitative estimate of drug-likeness (QED) is 0.393. The third kappa shape index (κ3) is 3.65. The second-order valence-electron chi connectivity index (χ2n) is 5.23. The summed E-state index contributed by atoms with van der Waals surface area (Å²) in [5.41, 5.74) is 7.33. The first kappa shape index (κ1) is 18.2. The van der Waals surface area contributed by atoms with Gasteiger partial charge in [0.05, 0.1) is 22.6 Å². The van der Waals surface area contributed by atoms with Crippen molar-refractivity contribution in [3.05, 3.63) is 65.6 Å². The van der Waals surface area contributed by atoms with Crippen LogP contribution in [-0.4, -0.2) is 20.1 Å². The van der Waals surface area contributed by atoms with Gasteiger partial charge < -0.3 is 10.3 Å². The maximum absolute atomic E-state index is 14.3. The van der Waals surface area contributed by atoms with Crippen LogP contribution in [0.4, 0.5) is 10.1 Å². The maximum Gasteiger partial charge on any atom is 0.188 e. The van der Waals surface area contributed by atoms with Gasteiger partial charge in [-0.25, -0.2) is 13.6 Å². The van der Waals surface area contributed by atoms with Gasteiger partial charge in [-0.15, -0.1) is 0 Å². The molecule has 132 valence electrons. The summed E-state index contributed by atoms with van der Waals surface area (Å²) in [6.07, 6.45) is 2.58. The summed E-state index contributed by atoms with van der Waals surface area (Å²) >= 11 is 3.72. The van der Waals surface area contributed by atoms with Crippen LogP contribution in [-0.2, 0) is 11.1 Å². The van der Waals surface area contributed by atoms with E-state index in [0.29, 0.717) is 21.8 Å². The molecule has 0 aliphatic rings. The van der Waals surface area contributed by atoms with E-state index in [1.165, 1.54) is 30.5 Å². The van der Waals surface area contributed by atoms with Crippen molar-refractivity contribution in [2.75, 3.05) is 0 Å². The highest BCUT2D eigenvalue weighted by molar-refractivity contribution is 7.79. The van der Waals surface area contributed by atoms with Crippen LogP contribution in [0.1, 0.15) is 0 Å². The molecule has 0 amide bonds. The third-order valence-electron chi connectivity index (χ3n) is 3.66. The summed E-state index contributed by atoms with van der Waals surface area (Å²) in [7, 11) is 0. The van der Waals surface area contributed by atoms with Gasteiger partial charge in [-0.3, -0.25) is 4.98 Å². The predicted molar refractivity (Wildman–Crippen MR) is 101 cm³/mol. The number of aliphatic imine (C=N–C) groups is 1. The third-order valence-corrected chi connectivity index (χ3v) is 4.60. The molecule has 1 atom stereocenters. The standard InChI is InChI=1S/C18H13ClFN3O2S/c19-12-4-5-15(20)14(9-12)18-13(2-1-7-22-18)11-3-6-16(23-10-21)17(8-11)26(24)25/h1-10H,(H2,21,23)(H,24,25). The first-order valence-electron chi connectivity index (χ1n) is 7.41. The van der Waals surface area contributed by atoms with E-state index >= 15 is 0 Å². The van der Waals surface area contributed by atoms with Crippen molar-refractivity contribution in [3.8, 4) is 22.4 Å². The van der Waals surface area contributed by atoms with E-state index in [2.05, 4.69) is 9.98 Å². The van der Waals surface area contributed by atoms with E-state index in [9.17, 15) is 13.2 Å². The van der Waals surface area contributed by atoms with Gasteiger partial charge >= 0.3 is 0 Å². The molecule has 1 aromatic heterocycles. The molecule has 2 aromatic carbocycles. The lowest BCUT2D eigenvalue weighted by Crippen LogP contribution is -1.95. The van der Waals surface area contributed by atoms with E-state index in [4.69, 9.17) is 17.3 Å². The van der Waals surface area contributed by atoms with Gasteiger partial charge in [0.25, 0.3) is 0 Å². The average Bonchev–Trinajstić information content (AvgIpc) is 2.64. The van der Waals surface area contributed by atoms with Gasteiger partial charge in [0.1, 0.15) is 5.82 Å². The van der Waals surface area contributed by atoms with Crippen LogP contribution in [0.5, 0.6) is 0 Å². The molecule has 5 nitrogen and oxygen atoms in total. The maximum atomic E-state index is 14.3. The lowest BCUT2D eigenvalue weighted by atomic mass is 9.99. The number of pyridine rings is 1. The van der Waals surface area contributed by atoms with Gasteiger partial charge in [-0.2, -0.15) is 0 Å². The molecule has 0 radical (unpaired) electrons. The molecule has 1 heterocycles. The smallest absolute Gasteiger partial charge is 0.188 e. The SMILES string of the molecule is NC=Nc1ccc(-c2cccnc2-c2cc(Cl)ccc2F)cc1S(=O)O. The zero-order chi connectivity index (χ0) is 18.7. The van der Waals surface area contributed by atoms with Crippen molar-refractivity contribution in [2.45, 2.75) is 4.90 Å². The molecule has 1 unspecified atom stereocenters. The molecular weight excluding hydrogens is 377 g/mol. The second-order valence-corrected chi connectivity index (χ2v) is 6.61. The Morgan fingerprint density at radius 1 is 1.19 bits per heavy atom. The monoisotopic (exact) mass is 389 g/mol. The van der Waals surface area contributed by atoms with Crippen molar-refractivity contribution >= 4 is 34.7 Å². The second kappa shape index (κ2) is 7.74. The van der Waals surface area contributed by atoms with Gasteiger partial charge in [0.15, 0.2) is 11.1 Å². The van der Waals surface area contributed by atoms with Gasteiger partial charge in [-0.05, 0) is 42.0 Å². The fourth-order valence-corrected chi connectivity index (χ4v) is 3.24. The first-order chi connectivity index (χ1) is 12.5. The van der Waals surface area contributed by atoms with Crippen LogP contribution < -0.4 is 5.73 Å². The first-order valence-corrected chi connectivity index (χ1v) is 8.89. The fourth-order valence-electron chi connectivity index (χ4n) is 2.54. The molecule has 0 saturated carbocycles. The molecule has 0 aliphatic carbocycles. The van der Waals surface area contributed by atoms with Crippen LogP contribution >= 0.6 is 11.6 Å². The minimum Gasteiger partial charge on any atom is -0.390 e. The number of rotatable bonds is 4. The Kier molecular flexibility index (Phi) is 5.41. The van der Waals surface area contributed by atoms with Crippen molar-refractivity contribution in [2.24, 2.45) is 10.7 Å². The molecule has 3 rings (SSSR count). The zero-order valence-electron chi connectivity index (χ0n) is 13.3. The van der Waals surface area contributed by atoms with E-state index < -0.39 is 16.9 Å². The summed E-state index contributed by atoms with van der Waals surface area (Å²) in [5.74, 6) is -0.468. The summed E-state index contributed by atoms with van der Waals surface area (Å²) < 4.78 is 35.5. The summed E-state index contributed by atoms with van der Waals surface area (Å²) in [4.78, 5) is 8.24. The number of nitrogens with two attached hydrogens (primary N) is 1. The van der Waals surface area contributed by atoms with E-state index in [1.54, 1.807) is 24.3 Å². The Hall–Kier alpha value is -2.61. The van der Waals surface area contributed by atoms with Crippen molar-refractivity contribution in [1.82, 2.24) is 4.98 Å². The van der Waals surface area contributed by atoms with E-state index in [-0.39, 0.29) is 16.1 Å². The molecule has 3 aromatic rings. The van der Waals surface area contributed by atoms with Gasteiger partial charge in [-0.1, -0.05) is 23.7 Å². The van der Waals surface area contributed by atoms with Crippen molar-refractivity contribution < 1.29 is 13.2 Å².